The maximum atomic E-state index is 12.9. The van der Waals surface area contributed by atoms with E-state index in [2.05, 4.69) is 69.0 Å². The number of β-lactam (4-membered cyclic amide) rings is 2. The highest BCUT2D eigenvalue weighted by molar-refractivity contribution is 9.25. The van der Waals surface area contributed by atoms with E-state index in [9.17, 15) is 9.59 Å². The van der Waals surface area contributed by atoms with Crippen LogP contribution in [0.5, 0.6) is 0 Å². The van der Waals surface area contributed by atoms with E-state index in [-0.39, 0.29) is 24.2 Å². The minimum Gasteiger partial charge on any atom is -0.295 e. The molecule has 0 radical (unpaired) electrons. The van der Waals surface area contributed by atoms with Crippen molar-refractivity contribution in [2.45, 2.75) is 51.4 Å². The van der Waals surface area contributed by atoms with Crippen LogP contribution in [0.4, 0.5) is 0 Å². The molecule has 4 aliphatic carbocycles. The van der Waals surface area contributed by atoms with Crippen molar-refractivity contribution < 1.29 is 9.59 Å². The maximum absolute atomic E-state index is 12.9. The zero-order valence-corrected chi connectivity index (χ0v) is 20.1. The maximum Gasteiger partial charge on any atom is 0.242 e. The first-order valence-electron chi connectivity index (χ1n) is 9.30. The lowest BCUT2D eigenvalue weighted by molar-refractivity contribution is -0.166. The number of fused-ring (bicyclic) bond motifs is 4. The highest BCUT2D eigenvalue weighted by atomic mass is 79.9. The fraction of sp³-hybridized carbons (Fsp3) is 0.889. The molecule has 0 aromatic rings. The van der Waals surface area contributed by atoms with Crippen molar-refractivity contribution in [3.8, 4) is 0 Å². The summed E-state index contributed by atoms with van der Waals surface area (Å²) in [5, 5.41) is 2.57. The number of nitrogens with one attached hydrogen (secondary N) is 1. The lowest BCUT2D eigenvalue weighted by Gasteiger charge is -2.53. The fourth-order valence-corrected chi connectivity index (χ4v) is 11.2. The van der Waals surface area contributed by atoms with Crippen LogP contribution >= 0.6 is 63.7 Å². The van der Waals surface area contributed by atoms with Crippen LogP contribution in [0.1, 0.15) is 44.9 Å². The predicted octanol–water partition coefficient (Wildman–Crippen LogP) is 5.08. The van der Waals surface area contributed by atoms with Crippen LogP contribution in [0, 0.1) is 40.9 Å². The first kappa shape index (κ1) is 18.1. The zero-order chi connectivity index (χ0) is 17.8. The normalized spacial score (nSPS) is 47.8. The quantitative estimate of drug-likeness (QED) is 0.278. The highest BCUT2D eigenvalue weighted by Gasteiger charge is 2.73. The standard InChI is InChI=1S/C18H21Br4NO2/c19-17(20)10-3-1-8(5-10)12(17)7-16(14(24)23-15(16)25)13-9-2-4-11(6-9)18(13,21)22/h8-13H,1-7H2,(H,23,24,25). The molecule has 0 aromatic carbocycles. The number of hydrogen-bond acceptors (Lipinski definition) is 2. The lowest BCUT2D eigenvalue weighted by Crippen LogP contribution is -2.71. The summed E-state index contributed by atoms with van der Waals surface area (Å²) in [6, 6.07) is 0. The number of imide groups is 1. The summed E-state index contributed by atoms with van der Waals surface area (Å²) in [4.78, 5) is 25.8. The molecule has 1 heterocycles. The minimum absolute atomic E-state index is 0.0445. The van der Waals surface area contributed by atoms with E-state index in [0.29, 0.717) is 36.0 Å². The van der Waals surface area contributed by atoms with E-state index in [1.165, 1.54) is 25.7 Å². The average Bonchev–Trinajstić information content (AvgIpc) is 3.26. The Balaban J connectivity index is 1.54. The Labute approximate surface area is 181 Å². The van der Waals surface area contributed by atoms with Gasteiger partial charge in [-0.3, -0.25) is 14.9 Å². The molecular formula is C18H21Br4NO2. The van der Waals surface area contributed by atoms with Gasteiger partial charge in [0.25, 0.3) is 0 Å². The van der Waals surface area contributed by atoms with E-state index in [1.807, 2.05) is 0 Å². The van der Waals surface area contributed by atoms with Gasteiger partial charge >= 0.3 is 0 Å². The molecule has 1 saturated heterocycles. The number of halogens is 4. The van der Waals surface area contributed by atoms with Crippen LogP contribution in [0.15, 0.2) is 0 Å². The smallest absolute Gasteiger partial charge is 0.242 e. The second-order valence-electron chi connectivity index (χ2n) is 8.93. The number of carbonyl (C=O) groups excluding carboxylic acids is 2. The topological polar surface area (TPSA) is 46.2 Å². The molecule has 5 rings (SSSR count). The third-order valence-corrected chi connectivity index (χ3v) is 12.8. The number of amides is 2. The summed E-state index contributed by atoms with van der Waals surface area (Å²) in [7, 11) is 0. The molecule has 25 heavy (non-hydrogen) atoms. The highest BCUT2D eigenvalue weighted by Crippen LogP contribution is 2.71. The SMILES string of the molecule is O=C1NC(=O)C1(CC1C2CCC(C2)C1(Br)Br)C1C2CCC(C2)C1(Br)Br. The molecule has 1 aliphatic heterocycles. The van der Waals surface area contributed by atoms with Gasteiger partial charge in [0.05, 0.1) is 6.47 Å². The van der Waals surface area contributed by atoms with Gasteiger partial charge in [0, 0.05) is 5.92 Å². The fourth-order valence-electron chi connectivity index (χ4n) is 6.93. The Bertz CT molecular complexity index is 649. The zero-order valence-electron chi connectivity index (χ0n) is 13.7. The van der Waals surface area contributed by atoms with Crippen LogP contribution in [0.25, 0.3) is 0 Å². The Hall–Kier alpha value is 1.06. The number of carbonyl (C=O) groups is 2. The minimum atomic E-state index is -0.866. The van der Waals surface area contributed by atoms with Gasteiger partial charge in [0.2, 0.25) is 11.8 Å². The van der Waals surface area contributed by atoms with Crippen LogP contribution in [0.3, 0.4) is 0 Å². The van der Waals surface area contributed by atoms with Crippen LogP contribution in [-0.4, -0.2) is 18.3 Å². The van der Waals surface area contributed by atoms with Crippen molar-refractivity contribution >= 4 is 75.5 Å². The van der Waals surface area contributed by atoms with Gasteiger partial charge in [-0.15, -0.1) is 0 Å². The van der Waals surface area contributed by atoms with Gasteiger partial charge in [0.1, 0.15) is 5.41 Å². The van der Waals surface area contributed by atoms with E-state index >= 15 is 0 Å². The number of hydrogen-bond donors (Lipinski definition) is 1. The van der Waals surface area contributed by atoms with Gasteiger partial charge in [0.15, 0.2) is 0 Å². The Kier molecular flexibility index (Phi) is 4.03. The summed E-state index contributed by atoms with van der Waals surface area (Å²) in [5.74, 6) is 2.48. The van der Waals surface area contributed by atoms with Gasteiger partial charge in [-0.25, -0.2) is 0 Å². The van der Waals surface area contributed by atoms with Gasteiger partial charge in [-0.1, -0.05) is 63.7 Å². The van der Waals surface area contributed by atoms with Gasteiger partial charge < -0.3 is 0 Å². The number of rotatable bonds is 3. The van der Waals surface area contributed by atoms with E-state index in [0.717, 1.165) is 12.8 Å². The molecule has 138 valence electrons. The molecule has 4 bridgehead atoms. The van der Waals surface area contributed by atoms with E-state index in [4.69, 9.17) is 0 Å². The predicted molar refractivity (Wildman–Crippen MR) is 110 cm³/mol. The van der Waals surface area contributed by atoms with Crippen molar-refractivity contribution in [1.82, 2.24) is 5.32 Å². The van der Waals surface area contributed by atoms with E-state index < -0.39 is 5.41 Å². The molecule has 5 fully saturated rings. The molecular weight excluding hydrogens is 582 g/mol. The van der Waals surface area contributed by atoms with Crippen LogP contribution in [0.2, 0.25) is 0 Å². The van der Waals surface area contributed by atoms with Gasteiger partial charge in [-0.05, 0) is 74.5 Å². The lowest BCUT2D eigenvalue weighted by atomic mass is 9.58. The molecule has 0 spiro atoms. The molecule has 7 heteroatoms. The molecule has 3 nitrogen and oxygen atoms in total. The summed E-state index contributed by atoms with van der Waals surface area (Å²) >= 11 is 15.7. The molecule has 6 unspecified atom stereocenters. The van der Waals surface area contributed by atoms with Crippen molar-refractivity contribution in [3.05, 3.63) is 0 Å². The van der Waals surface area contributed by atoms with Crippen molar-refractivity contribution in [2.24, 2.45) is 40.9 Å². The molecule has 2 amide bonds. The Morgan fingerprint density at radius 2 is 1.40 bits per heavy atom. The first-order chi connectivity index (χ1) is 11.7. The Morgan fingerprint density at radius 3 is 1.88 bits per heavy atom. The summed E-state index contributed by atoms with van der Waals surface area (Å²) < 4.78 is -0.403. The number of alkyl halides is 4. The van der Waals surface area contributed by atoms with Gasteiger partial charge in [-0.2, -0.15) is 0 Å². The average molecular weight is 603 g/mol. The molecule has 5 aliphatic rings. The summed E-state index contributed by atoms with van der Waals surface area (Å²) in [5.41, 5.74) is -0.866. The second kappa shape index (κ2) is 5.56. The first-order valence-corrected chi connectivity index (χ1v) is 12.5. The summed E-state index contributed by atoms with van der Waals surface area (Å²) in [6.45, 7) is 0. The molecule has 1 N–H and O–H groups in total. The molecule has 6 atom stereocenters. The van der Waals surface area contributed by atoms with Crippen molar-refractivity contribution in [3.63, 3.8) is 0 Å². The van der Waals surface area contributed by atoms with E-state index in [1.54, 1.807) is 0 Å². The second-order valence-corrected chi connectivity index (χ2v) is 16.3. The Morgan fingerprint density at radius 1 is 0.840 bits per heavy atom. The van der Waals surface area contributed by atoms with Crippen LogP contribution in [-0.2, 0) is 9.59 Å². The van der Waals surface area contributed by atoms with Crippen molar-refractivity contribution in [1.29, 1.82) is 0 Å². The molecule has 0 aromatic heterocycles. The third-order valence-electron chi connectivity index (χ3n) is 8.09. The monoisotopic (exact) mass is 599 g/mol. The third kappa shape index (κ3) is 2.19. The van der Waals surface area contributed by atoms with Crippen LogP contribution < -0.4 is 5.32 Å². The largest absolute Gasteiger partial charge is 0.295 e. The van der Waals surface area contributed by atoms with Crippen molar-refractivity contribution in [2.75, 3.05) is 0 Å². The molecule has 4 saturated carbocycles. The summed E-state index contributed by atoms with van der Waals surface area (Å²) in [6.07, 6.45) is 7.78.